The lowest BCUT2D eigenvalue weighted by molar-refractivity contribution is -0.148. The molecule has 2 rings (SSSR count). The van der Waals surface area contributed by atoms with Crippen LogP contribution in [0.4, 0.5) is 0 Å². The van der Waals surface area contributed by atoms with Gasteiger partial charge in [0.2, 0.25) is 0 Å². The summed E-state index contributed by atoms with van der Waals surface area (Å²) in [6.07, 6.45) is 3.51. The van der Waals surface area contributed by atoms with Crippen LogP contribution in [0.5, 0.6) is 0 Å². The molecule has 0 radical (unpaired) electrons. The number of carbonyl (C=O) groups is 1. The van der Waals surface area contributed by atoms with E-state index in [2.05, 4.69) is 10.3 Å². The first-order valence-corrected chi connectivity index (χ1v) is 6.79. The standard InChI is InChI=1S/C14H15ClN4O2/c1-2-12(19-9-11(15)8-17-19)14(20)21-18-13(16)10-6-4-3-5-7-10/h3-9,12H,2H2,1H3,(H2,16,18). The summed E-state index contributed by atoms with van der Waals surface area (Å²) in [6.45, 7) is 1.84. The predicted molar refractivity (Wildman–Crippen MR) is 79.8 cm³/mol. The number of nitrogens with two attached hydrogens (primary N) is 1. The molecule has 0 spiro atoms. The Morgan fingerprint density at radius 3 is 2.76 bits per heavy atom. The van der Waals surface area contributed by atoms with Gasteiger partial charge in [0.25, 0.3) is 0 Å². The maximum atomic E-state index is 12.0. The molecule has 0 aliphatic carbocycles. The van der Waals surface area contributed by atoms with Gasteiger partial charge in [-0.05, 0) is 6.42 Å². The van der Waals surface area contributed by atoms with Crippen molar-refractivity contribution in [2.24, 2.45) is 10.9 Å². The Hall–Kier alpha value is -2.34. The topological polar surface area (TPSA) is 82.5 Å². The molecule has 0 aliphatic heterocycles. The van der Waals surface area contributed by atoms with Gasteiger partial charge in [0.05, 0.1) is 11.2 Å². The van der Waals surface area contributed by atoms with Crippen LogP contribution in [0.1, 0.15) is 24.9 Å². The number of carbonyl (C=O) groups excluding carboxylic acids is 1. The van der Waals surface area contributed by atoms with Crippen molar-refractivity contribution in [3.05, 3.63) is 53.3 Å². The number of aromatic nitrogens is 2. The molecule has 0 aliphatic rings. The lowest BCUT2D eigenvalue weighted by Crippen LogP contribution is -2.22. The Morgan fingerprint density at radius 2 is 2.19 bits per heavy atom. The first-order chi connectivity index (χ1) is 10.1. The van der Waals surface area contributed by atoms with E-state index in [1.54, 1.807) is 18.3 Å². The van der Waals surface area contributed by atoms with Crippen molar-refractivity contribution in [2.45, 2.75) is 19.4 Å². The van der Waals surface area contributed by atoms with E-state index in [0.717, 1.165) is 0 Å². The van der Waals surface area contributed by atoms with Gasteiger partial charge in [0.15, 0.2) is 11.9 Å². The molecule has 1 aromatic carbocycles. The molecule has 1 unspecified atom stereocenters. The van der Waals surface area contributed by atoms with Crippen molar-refractivity contribution in [3.8, 4) is 0 Å². The van der Waals surface area contributed by atoms with Crippen molar-refractivity contribution < 1.29 is 9.63 Å². The molecular weight excluding hydrogens is 292 g/mol. The molecule has 6 nitrogen and oxygen atoms in total. The van der Waals surface area contributed by atoms with Gasteiger partial charge in [-0.15, -0.1) is 0 Å². The summed E-state index contributed by atoms with van der Waals surface area (Å²) in [5.41, 5.74) is 6.44. The number of rotatable bonds is 5. The lowest BCUT2D eigenvalue weighted by atomic mass is 10.2. The summed E-state index contributed by atoms with van der Waals surface area (Å²) in [5.74, 6) is -0.409. The summed E-state index contributed by atoms with van der Waals surface area (Å²) in [6, 6.07) is 8.45. The van der Waals surface area contributed by atoms with Crippen molar-refractivity contribution >= 4 is 23.4 Å². The van der Waals surface area contributed by atoms with Gasteiger partial charge < -0.3 is 10.6 Å². The Morgan fingerprint density at radius 1 is 1.48 bits per heavy atom. The van der Waals surface area contributed by atoms with Crippen molar-refractivity contribution in [2.75, 3.05) is 0 Å². The number of nitrogens with zero attached hydrogens (tertiary/aromatic N) is 3. The second kappa shape index (κ2) is 6.90. The van der Waals surface area contributed by atoms with E-state index in [-0.39, 0.29) is 5.84 Å². The first-order valence-electron chi connectivity index (χ1n) is 6.41. The van der Waals surface area contributed by atoms with E-state index >= 15 is 0 Å². The van der Waals surface area contributed by atoms with Crippen LogP contribution < -0.4 is 5.73 Å². The average molecular weight is 307 g/mol. The zero-order valence-corrected chi connectivity index (χ0v) is 12.2. The fourth-order valence-corrected chi connectivity index (χ4v) is 1.91. The molecule has 7 heteroatoms. The molecule has 1 aromatic heterocycles. The maximum Gasteiger partial charge on any atom is 0.359 e. The quantitative estimate of drug-likeness (QED) is 0.398. The molecule has 1 heterocycles. The van der Waals surface area contributed by atoms with Gasteiger partial charge in [-0.25, -0.2) is 4.79 Å². The van der Waals surface area contributed by atoms with Gasteiger partial charge >= 0.3 is 5.97 Å². The van der Waals surface area contributed by atoms with Crippen molar-refractivity contribution in [1.82, 2.24) is 9.78 Å². The third kappa shape index (κ3) is 3.82. The Kier molecular flexibility index (Phi) is 4.94. The molecular formula is C14H15ClN4O2. The molecule has 1 atom stereocenters. The third-order valence-corrected chi connectivity index (χ3v) is 3.05. The molecule has 0 bridgehead atoms. The average Bonchev–Trinajstić information content (AvgIpc) is 2.92. The van der Waals surface area contributed by atoms with Crippen LogP contribution in [0, 0.1) is 0 Å². The van der Waals surface area contributed by atoms with Crippen molar-refractivity contribution in [3.63, 3.8) is 0 Å². The van der Waals surface area contributed by atoms with E-state index in [9.17, 15) is 4.79 Å². The summed E-state index contributed by atoms with van der Waals surface area (Å²) in [4.78, 5) is 16.9. The number of amidine groups is 1. The molecule has 0 fully saturated rings. The zero-order valence-electron chi connectivity index (χ0n) is 11.4. The number of halogens is 1. The molecule has 0 saturated carbocycles. The Bertz CT molecular complexity index is 639. The molecule has 2 aromatic rings. The molecule has 110 valence electrons. The van der Waals surface area contributed by atoms with Crippen molar-refractivity contribution in [1.29, 1.82) is 0 Å². The normalized spacial score (nSPS) is 13.0. The minimum atomic E-state index is -0.593. The maximum absolute atomic E-state index is 12.0. The van der Waals surface area contributed by atoms with Gasteiger partial charge in [-0.2, -0.15) is 5.10 Å². The van der Waals surface area contributed by atoms with Crippen LogP contribution in [-0.2, 0) is 9.63 Å². The summed E-state index contributed by atoms with van der Waals surface area (Å²) < 4.78 is 1.44. The Balaban J connectivity index is 2.06. The second-order valence-electron chi connectivity index (χ2n) is 4.32. The van der Waals surface area contributed by atoms with E-state index in [4.69, 9.17) is 22.2 Å². The number of hydrogen-bond donors (Lipinski definition) is 1. The highest BCUT2D eigenvalue weighted by molar-refractivity contribution is 6.30. The number of oxime groups is 1. The summed E-state index contributed by atoms with van der Waals surface area (Å²) >= 11 is 5.79. The van der Waals surface area contributed by atoms with Crippen LogP contribution in [0.3, 0.4) is 0 Å². The fraction of sp³-hybridized carbons (Fsp3) is 0.214. The van der Waals surface area contributed by atoms with Gasteiger partial charge in [0.1, 0.15) is 0 Å². The largest absolute Gasteiger partial charge is 0.380 e. The minimum absolute atomic E-state index is 0.136. The molecule has 0 saturated heterocycles. The fourth-order valence-electron chi connectivity index (χ4n) is 1.76. The second-order valence-corrected chi connectivity index (χ2v) is 4.75. The lowest BCUT2D eigenvalue weighted by Gasteiger charge is -2.11. The van der Waals surface area contributed by atoms with E-state index in [1.807, 2.05) is 25.1 Å². The predicted octanol–water partition coefficient (Wildman–Crippen LogP) is 2.35. The smallest absolute Gasteiger partial charge is 0.359 e. The number of hydrogen-bond acceptors (Lipinski definition) is 4. The van der Waals surface area contributed by atoms with E-state index < -0.39 is 12.0 Å². The SMILES string of the molecule is CCC(C(=O)O/N=C(\N)c1ccccc1)n1cc(Cl)cn1. The summed E-state index contributed by atoms with van der Waals surface area (Å²) in [7, 11) is 0. The summed E-state index contributed by atoms with van der Waals surface area (Å²) in [5, 5.41) is 8.12. The van der Waals surface area contributed by atoms with Gasteiger partial charge in [-0.1, -0.05) is 54.0 Å². The highest BCUT2D eigenvalue weighted by Crippen LogP contribution is 2.16. The Labute approximate surface area is 127 Å². The molecule has 21 heavy (non-hydrogen) atoms. The monoisotopic (exact) mass is 306 g/mol. The highest BCUT2D eigenvalue weighted by Gasteiger charge is 2.21. The van der Waals surface area contributed by atoms with E-state index in [1.165, 1.54) is 10.9 Å². The molecule has 2 N–H and O–H groups in total. The van der Waals surface area contributed by atoms with Crippen LogP contribution >= 0.6 is 11.6 Å². The first kappa shape index (κ1) is 15.1. The van der Waals surface area contributed by atoms with Crippen LogP contribution in [0.25, 0.3) is 0 Å². The van der Waals surface area contributed by atoms with Gasteiger partial charge in [-0.3, -0.25) is 4.68 Å². The van der Waals surface area contributed by atoms with Gasteiger partial charge in [0, 0.05) is 11.8 Å². The minimum Gasteiger partial charge on any atom is -0.380 e. The highest BCUT2D eigenvalue weighted by atomic mass is 35.5. The van der Waals surface area contributed by atoms with Crippen LogP contribution in [-0.4, -0.2) is 21.6 Å². The van der Waals surface area contributed by atoms with Crippen LogP contribution in [0.2, 0.25) is 5.02 Å². The zero-order chi connectivity index (χ0) is 15.2. The molecule has 0 amide bonds. The van der Waals surface area contributed by atoms with E-state index in [0.29, 0.717) is 17.0 Å². The number of benzene rings is 1. The van der Waals surface area contributed by atoms with Crippen LogP contribution in [0.15, 0.2) is 47.9 Å². The third-order valence-electron chi connectivity index (χ3n) is 2.85.